The van der Waals surface area contributed by atoms with Gasteiger partial charge in [0.2, 0.25) is 0 Å². The first-order valence-corrected chi connectivity index (χ1v) is 10.0. The monoisotopic (exact) mass is 380 g/mol. The van der Waals surface area contributed by atoms with Crippen LogP contribution in [0, 0.1) is 5.92 Å². The number of urea groups is 1. The molecule has 0 unspecified atom stereocenters. The average Bonchev–Trinajstić information content (AvgIpc) is 2.73. The van der Waals surface area contributed by atoms with Crippen LogP contribution in [-0.4, -0.2) is 23.7 Å². The molecule has 5 heteroatoms. The Kier molecular flexibility index (Phi) is 7.06. The third-order valence-electron chi connectivity index (χ3n) is 5.49. The molecular weight excluding hydrogens is 352 g/mol. The molecule has 148 valence electrons. The van der Waals surface area contributed by atoms with Crippen molar-refractivity contribution in [2.45, 2.75) is 44.4 Å². The lowest BCUT2D eigenvalue weighted by atomic mass is 9.79. The van der Waals surface area contributed by atoms with E-state index in [2.05, 4.69) is 22.8 Å². The van der Waals surface area contributed by atoms with Gasteiger partial charge in [-0.05, 0) is 67.7 Å². The molecule has 0 aliphatic heterocycles. The van der Waals surface area contributed by atoms with Gasteiger partial charge in [-0.15, -0.1) is 0 Å². The highest BCUT2D eigenvalue weighted by atomic mass is 16.4. The van der Waals surface area contributed by atoms with E-state index in [4.69, 9.17) is 5.11 Å². The van der Waals surface area contributed by atoms with E-state index in [0.29, 0.717) is 12.5 Å². The lowest BCUT2D eigenvalue weighted by Gasteiger charge is -2.26. The molecule has 0 spiro atoms. The molecule has 2 aromatic carbocycles. The van der Waals surface area contributed by atoms with Crippen LogP contribution in [0.4, 0.5) is 10.5 Å². The highest BCUT2D eigenvalue weighted by Crippen LogP contribution is 2.36. The predicted molar refractivity (Wildman–Crippen MR) is 111 cm³/mol. The van der Waals surface area contributed by atoms with Gasteiger partial charge in [0.05, 0.1) is 5.92 Å². The van der Waals surface area contributed by atoms with Crippen LogP contribution in [0.5, 0.6) is 0 Å². The summed E-state index contributed by atoms with van der Waals surface area (Å²) in [6.07, 6.45) is 5.14. The number of amides is 2. The third kappa shape index (κ3) is 5.84. The van der Waals surface area contributed by atoms with E-state index >= 15 is 0 Å². The van der Waals surface area contributed by atoms with Crippen LogP contribution in [0.25, 0.3) is 0 Å². The predicted octanol–water partition coefficient (Wildman–Crippen LogP) is 4.80. The Morgan fingerprint density at radius 2 is 1.61 bits per heavy atom. The minimum absolute atomic E-state index is 0.192. The SMILES string of the molecule is O=C(NCCCc1ccccc1)Nc1ccc(C2CCC(C(=O)O)CC2)cc1. The number of nitrogens with one attached hydrogen (secondary N) is 2. The molecule has 28 heavy (non-hydrogen) atoms. The normalized spacial score (nSPS) is 19.0. The average molecular weight is 380 g/mol. The van der Waals surface area contributed by atoms with Crippen molar-refractivity contribution < 1.29 is 14.7 Å². The second-order valence-corrected chi connectivity index (χ2v) is 7.48. The maximum atomic E-state index is 12.0. The van der Waals surface area contributed by atoms with Crippen molar-refractivity contribution >= 4 is 17.7 Å². The van der Waals surface area contributed by atoms with E-state index in [-0.39, 0.29) is 11.9 Å². The summed E-state index contributed by atoms with van der Waals surface area (Å²) < 4.78 is 0. The van der Waals surface area contributed by atoms with Gasteiger partial charge in [-0.25, -0.2) is 4.79 Å². The number of carbonyl (C=O) groups excluding carboxylic acids is 1. The van der Waals surface area contributed by atoms with Crippen LogP contribution in [0.15, 0.2) is 54.6 Å². The summed E-state index contributed by atoms with van der Waals surface area (Å²) in [5, 5.41) is 14.9. The minimum atomic E-state index is -0.673. The number of carboxylic acids is 1. The number of hydrogen-bond acceptors (Lipinski definition) is 2. The number of rotatable bonds is 7. The number of aryl methyl sites for hydroxylation is 1. The van der Waals surface area contributed by atoms with Gasteiger partial charge in [-0.2, -0.15) is 0 Å². The maximum absolute atomic E-state index is 12.0. The van der Waals surface area contributed by atoms with Gasteiger partial charge < -0.3 is 15.7 Å². The van der Waals surface area contributed by atoms with Gasteiger partial charge in [-0.3, -0.25) is 4.79 Å². The Morgan fingerprint density at radius 1 is 0.929 bits per heavy atom. The minimum Gasteiger partial charge on any atom is -0.481 e. The maximum Gasteiger partial charge on any atom is 0.319 e. The molecule has 0 bridgehead atoms. The molecule has 1 saturated carbocycles. The molecule has 3 N–H and O–H groups in total. The fourth-order valence-corrected chi connectivity index (χ4v) is 3.83. The van der Waals surface area contributed by atoms with Crippen LogP contribution in [-0.2, 0) is 11.2 Å². The molecule has 5 nitrogen and oxygen atoms in total. The summed E-state index contributed by atoms with van der Waals surface area (Å²) in [5.41, 5.74) is 3.26. The Hall–Kier alpha value is -2.82. The standard InChI is InChI=1S/C23H28N2O3/c26-22(27)20-10-8-18(9-11-20)19-12-14-21(15-13-19)25-23(28)24-16-4-7-17-5-2-1-3-6-17/h1-3,5-6,12-15,18,20H,4,7-11,16H2,(H,26,27)(H2,24,25,28). The largest absolute Gasteiger partial charge is 0.481 e. The van der Waals surface area contributed by atoms with E-state index in [9.17, 15) is 9.59 Å². The Bertz CT molecular complexity index is 766. The first kappa shape index (κ1) is 19.9. The Balaban J connectivity index is 1.39. The quantitative estimate of drug-likeness (QED) is 0.604. The van der Waals surface area contributed by atoms with Gasteiger partial charge in [0, 0.05) is 12.2 Å². The molecule has 0 saturated heterocycles. The second kappa shape index (κ2) is 9.93. The highest BCUT2D eigenvalue weighted by Gasteiger charge is 2.26. The smallest absolute Gasteiger partial charge is 0.319 e. The number of aliphatic carboxylic acids is 1. The van der Waals surface area contributed by atoms with Crippen molar-refractivity contribution in [2.24, 2.45) is 5.92 Å². The third-order valence-corrected chi connectivity index (χ3v) is 5.49. The van der Waals surface area contributed by atoms with Crippen molar-refractivity contribution in [3.05, 3.63) is 65.7 Å². The van der Waals surface area contributed by atoms with Crippen molar-refractivity contribution in [2.75, 3.05) is 11.9 Å². The molecule has 1 aliphatic rings. The Labute approximate surface area is 166 Å². The number of anilines is 1. The summed E-state index contributed by atoms with van der Waals surface area (Å²) in [6, 6.07) is 18.0. The number of hydrogen-bond donors (Lipinski definition) is 3. The van der Waals surface area contributed by atoms with Crippen LogP contribution in [0.3, 0.4) is 0 Å². The van der Waals surface area contributed by atoms with Crippen LogP contribution < -0.4 is 10.6 Å². The second-order valence-electron chi connectivity index (χ2n) is 7.48. The molecule has 0 aromatic heterocycles. The molecule has 1 aliphatic carbocycles. The van der Waals surface area contributed by atoms with Gasteiger partial charge in [0.15, 0.2) is 0 Å². The molecule has 2 amide bonds. The van der Waals surface area contributed by atoms with E-state index in [1.165, 1.54) is 11.1 Å². The van der Waals surface area contributed by atoms with E-state index in [0.717, 1.165) is 44.2 Å². The summed E-state index contributed by atoms with van der Waals surface area (Å²) in [7, 11) is 0. The zero-order valence-corrected chi connectivity index (χ0v) is 16.1. The zero-order chi connectivity index (χ0) is 19.8. The molecule has 3 rings (SSSR count). The molecule has 0 radical (unpaired) electrons. The van der Waals surface area contributed by atoms with Crippen LogP contribution in [0.2, 0.25) is 0 Å². The van der Waals surface area contributed by atoms with Gasteiger partial charge in [-0.1, -0.05) is 42.5 Å². The zero-order valence-electron chi connectivity index (χ0n) is 16.1. The lowest BCUT2D eigenvalue weighted by molar-refractivity contribution is -0.142. The van der Waals surface area contributed by atoms with Crippen LogP contribution in [0.1, 0.15) is 49.1 Å². The summed E-state index contributed by atoms with van der Waals surface area (Å²) in [4.78, 5) is 23.1. The van der Waals surface area contributed by atoms with Crippen molar-refractivity contribution in [3.63, 3.8) is 0 Å². The molecule has 1 fully saturated rings. The van der Waals surface area contributed by atoms with Crippen molar-refractivity contribution in [1.82, 2.24) is 5.32 Å². The summed E-state index contributed by atoms with van der Waals surface area (Å²) >= 11 is 0. The molecule has 0 atom stereocenters. The molecular formula is C23H28N2O3. The number of benzene rings is 2. The topological polar surface area (TPSA) is 78.4 Å². The molecule has 2 aromatic rings. The fourth-order valence-electron chi connectivity index (χ4n) is 3.83. The summed E-state index contributed by atoms with van der Waals surface area (Å²) in [6.45, 7) is 0.631. The summed E-state index contributed by atoms with van der Waals surface area (Å²) in [5.74, 6) is -0.452. The van der Waals surface area contributed by atoms with E-state index < -0.39 is 5.97 Å². The number of carboxylic acid groups (broad SMARTS) is 1. The van der Waals surface area contributed by atoms with Crippen molar-refractivity contribution in [1.29, 1.82) is 0 Å². The number of carbonyl (C=O) groups is 2. The van der Waals surface area contributed by atoms with Gasteiger partial charge >= 0.3 is 12.0 Å². The Morgan fingerprint density at radius 3 is 2.25 bits per heavy atom. The van der Waals surface area contributed by atoms with E-state index in [1.807, 2.05) is 42.5 Å². The van der Waals surface area contributed by atoms with E-state index in [1.54, 1.807) is 0 Å². The molecule has 0 heterocycles. The van der Waals surface area contributed by atoms with Crippen molar-refractivity contribution in [3.8, 4) is 0 Å². The van der Waals surface area contributed by atoms with Gasteiger partial charge in [0.1, 0.15) is 0 Å². The van der Waals surface area contributed by atoms with Crippen LogP contribution >= 0.6 is 0 Å². The fraction of sp³-hybridized carbons (Fsp3) is 0.391. The van der Waals surface area contributed by atoms with Gasteiger partial charge in [0.25, 0.3) is 0 Å². The first-order valence-electron chi connectivity index (χ1n) is 10.0. The highest BCUT2D eigenvalue weighted by molar-refractivity contribution is 5.89. The first-order chi connectivity index (χ1) is 13.6. The lowest BCUT2D eigenvalue weighted by Crippen LogP contribution is -2.29.